The summed E-state index contributed by atoms with van der Waals surface area (Å²) in [5.41, 5.74) is 0. The summed E-state index contributed by atoms with van der Waals surface area (Å²) in [6, 6.07) is 0. The third kappa shape index (κ3) is 4.30. The Balaban J connectivity index is 2.40. The van der Waals surface area contributed by atoms with Crippen LogP contribution in [0.2, 0.25) is 0 Å². The van der Waals surface area contributed by atoms with Crippen molar-refractivity contribution < 1.29 is 30.0 Å². The molecule has 7 heteroatoms. The van der Waals surface area contributed by atoms with Crippen LogP contribution in [0.25, 0.3) is 0 Å². The fraction of sp³-hybridized carbons (Fsp3) is 0.900. The van der Waals surface area contributed by atoms with Gasteiger partial charge in [-0.2, -0.15) is 0 Å². The summed E-state index contributed by atoms with van der Waals surface area (Å²) in [7, 11) is 0. The molecule has 3 atom stereocenters. The van der Waals surface area contributed by atoms with Crippen molar-refractivity contribution in [3.05, 3.63) is 0 Å². The van der Waals surface area contributed by atoms with E-state index in [9.17, 15) is 15.0 Å². The van der Waals surface area contributed by atoms with Crippen molar-refractivity contribution in [2.45, 2.75) is 18.3 Å². The standard InChI is InChI=1S/C10H19NO6/c12-6-8(14)10(16)9(15)7(13)5-11-1-3-17-4-2-11/h8-10,12,14-16H,1-6H2/t8-,9-,10+/m1/s1. The van der Waals surface area contributed by atoms with E-state index in [1.807, 2.05) is 0 Å². The molecule has 0 aromatic carbocycles. The number of hydrogen-bond acceptors (Lipinski definition) is 7. The minimum atomic E-state index is -1.68. The Morgan fingerprint density at radius 3 is 2.35 bits per heavy atom. The quantitative estimate of drug-likeness (QED) is 0.396. The highest BCUT2D eigenvalue weighted by Crippen LogP contribution is 2.04. The first-order chi connectivity index (χ1) is 8.06. The van der Waals surface area contributed by atoms with Gasteiger partial charge in [-0.1, -0.05) is 0 Å². The molecule has 0 aromatic heterocycles. The number of Topliss-reactive ketones (excluding diaryl/α,β-unsaturated/α-hetero) is 1. The van der Waals surface area contributed by atoms with E-state index in [1.165, 1.54) is 0 Å². The smallest absolute Gasteiger partial charge is 0.177 e. The molecule has 0 spiro atoms. The Hall–Kier alpha value is -0.570. The zero-order valence-electron chi connectivity index (χ0n) is 9.53. The van der Waals surface area contributed by atoms with Crippen LogP contribution in [0.3, 0.4) is 0 Å². The minimum absolute atomic E-state index is 0.000263. The summed E-state index contributed by atoms with van der Waals surface area (Å²) in [6.07, 6.45) is -4.85. The number of aliphatic hydroxyl groups excluding tert-OH is 4. The lowest BCUT2D eigenvalue weighted by Crippen LogP contribution is -2.48. The van der Waals surface area contributed by atoms with Gasteiger partial charge in [-0.15, -0.1) is 0 Å². The molecular weight excluding hydrogens is 230 g/mol. The van der Waals surface area contributed by atoms with Crippen molar-refractivity contribution in [2.75, 3.05) is 39.5 Å². The number of ketones is 1. The SMILES string of the molecule is O=C(CN1CCOCC1)[C@@H](O)[C@@H](O)[C@H](O)CO. The molecule has 1 saturated heterocycles. The summed E-state index contributed by atoms with van der Waals surface area (Å²) in [6.45, 7) is 1.55. The Bertz CT molecular complexity index is 243. The molecule has 1 heterocycles. The normalized spacial score (nSPS) is 23.1. The van der Waals surface area contributed by atoms with Crippen LogP contribution < -0.4 is 0 Å². The molecular formula is C10H19NO6. The molecule has 0 radical (unpaired) electrons. The summed E-state index contributed by atoms with van der Waals surface area (Å²) in [5, 5.41) is 36.6. The summed E-state index contributed by atoms with van der Waals surface area (Å²) < 4.78 is 5.11. The average Bonchev–Trinajstić information content (AvgIpc) is 2.37. The van der Waals surface area contributed by atoms with Gasteiger partial charge in [0, 0.05) is 13.1 Å². The predicted molar refractivity (Wildman–Crippen MR) is 57.4 cm³/mol. The number of aliphatic hydroxyl groups is 4. The van der Waals surface area contributed by atoms with Gasteiger partial charge in [-0.25, -0.2) is 0 Å². The maximum atomic E-state index is 11.6. The van der Waals surface area contributed by atoms with Crippen LogP contribution in [-0.4, -0.2) is 88.9 Å². The lowest BCUT2D eigenvalue weighted by molar-refractivity contribution is -0.142. The highest BCUT2D eigenvalue weighted by Gasteiger charge is 2.30. The molecule has 1 fully saturated rings. The first-order valence-electron chi connectivity index (χ1n) is 5.54. The highest BCUT2D eigenvalue weighted by atomic mass is 16.5. The van der Waals surface area contributed by atoms with Gasteiger partial charge >= 0.3 is 0 Å². The zero-order valence-corrected chi connectivity index (χ0v) is 9.53. The van der Waals surface area contributed by atoms with Gasteiger partial charge in [0.1, 0.15) is 18.3 Å². The summed E-state index contributed by atoms with van der Waals surface area (Å²) in [5.74, 6) is -0.577. The van der Waals surface area contributed by atoms with Crippen molar-refractivity contribution in [3.63, 3.8) is 0 Å². The molecule has 1 aliphatic heterocycles. The predicted octanol–water partition coefficient (Wildman–Crippen LogP) is -3.04. The van der Waals surface area contributed by atoms with Crippen LogP contribution in [0.4, 0.5) is 0 Å². The van der Waals surface area contributed by atoms with Gasteiger partial charge in [0.15, 0.2) is 5.78 Å². The second kappa shape index (κ2) is 7.00. The van der Waals surface area contributed by atoms with Gasteiger partial charge in [0.2, 0.25) is 0 Å². The monoisotopic (exact) mass is 249 g/mol. The second-order valence-corrected chi connectivity index (χ2v) is 4.04. The van der Waals surface area contributed by atoms with E-state index in [0.29, 0.717) is 26.3 Å². The van der Waals surface area contributed by atoms with Crippen molar-refractivity contribution in [1.82, 2.24) is 4.90 Å². The zero-order chi connectivity index (χ0) is 12.8. The summed E-state index contributed by atoms with van der Waals surface area (Å²) >= 11 is 0. The van der Waals surface area contributed by atoms with Crippen molar-refractivity contribution in [2.24, 2.45) is 0 Å². The van der Waals surface area contributed by atoms with Gasteiger partial charge in [0.05, 0.1) is 26.4 Å². The third-order valence-corrected chi connectivity index (χ3v) is 2.72. The van der Waals surface area contributed by atoms with Crippen LogP contribution in [0.5, 0.6) is 0 Å². The van der Waals surface area contributed by atoms with Gasteiger partial charge in [0.25, 0.3) is 0 Å². The van der Waals surface area contributed by atoms with Crippen LogP contribution >= 0.6 is 0 Å². The molecule has 1 aliphatic rings. The van der Waals surface area contributed by atoms with Crippen molar-refractivity contribution in [3.8, 4) is 0 Å². The highest BCUT2D eigenvalue weighted by molar-refractivity contribution is 5.85. The average molecular weight is 249 g/mol. The second-order valence-electron chi connectivity index (χ2n) is 4.04. The molecule has 0 aromatic rings. The minimum Gasteiger partial charge on any atom is -0.394 e. The number of carbonyl (C=O) groups is 1. The molecule has 0 unspecified atom stereocenters. The van der Waals surface area contributed by atoms with Crippen molar-refractivity contribution >= 4 is 5.78 Å². The number of morpholine rings is 1. The van der Waals surface area contributed by atoms with E-state index in [4.69, 9.17) is 14.9 Å². The maximum Gasteiger partial charge on any atom is 0.177 e. The van der Waals surface area contributed by atoms with E-state index in [1.54, 1.807) is 4.90 Å². The molecule has 0 bridgehead atoms. The molecule has 100 valence electrons. The lowest BCUT2D eigenvalue weighted by atomic mass is 10.0. The van der Waals surface area contributed by atoms with Crippen LogP contribution in [-0.2, 0) is 9.53 Å². The molecule has 0 aliphatic carbocycles. The Labute approximate surface area is 99.2 Å². The van der Waals surface area contributed by atoms with Gasteiger partial charge < -0.3 is 25.2 Å². The maximum absolute atomic E-state index is 11.6. The molecule has 0 saturated carbocycles. The first-order valence-corrected chi connectivity index (χ1v) is 5.54. The number of hydrogen-bond donors (Lipinski definition) is 4. The Kier molecular flexibility index (Phi) is 5.96. The van der Waals surface area contributed by atoms with Gasteiger partial charge in [-0.3, -0.25) is 9.69 Å². The Morgan fingerprint density at radius 2 is 1.82 bits per heavy atom. The molecule has 17 heavy (non-hydrogen) atoms. The van der Waals surface area contributed by atoms with E-state index in [0.717, 1.165) is 0 Å². The van der Waals surface area contributed by atoms with E-state index in [2.05, 4.69) is 0 Å². The largest absolute Gasteiger partial charge is 0.394 e. The molecule has 4 N–H and O–H groups in total. The van der Waals surface area contributed by atoms with Crippen LogP contribution in [0.1, 0.15) is 0 Å². The molecule has 1 rings (SSSR count). The van der Waals surface area contributed by atoms with E-state index in [-0.39, 0.29) is 6.54 Å². The van der Waals surface area contributed by atoms with Gasteiger partial charge in [-0.05, 0) is 0 Å². The van der Waals surface area contributed by atoms with Crippen molar-refractivity contribution in [1.29, 1.82) is 0 Å². The number of carbonyl (C=O) groups excluding carboxylic acids is 1. The molecule has 0 amide bonds. The number of nitrogens with zero attached hydrogens (tertiary/aromatic N) is 1. The Morgan fingerprint density at radius 1 is 1.24 bits per heavy atom. The topological polar surface area (TPSA) is 110 Å². The lowest BCUT2D eigenvalue weighted by Gasteiger charge is -2.28. The third-order valence-electron chi connectivity index (χ3n) is 2.72. The molecule has 7 nitrogen and oxygen atoms in total. The van der Waals surface area contributed by atoms with E-state index < -0.39 is 30.7 Å². The van der Waals surface area contributed by atoms with E-state index >= 15 is 0 Å². The summed E-state index contributed by atoms with van der Waals surface area (Å²) in [4.78, 5) is 13.4. The number of rotatable bonds is 6. The fourth-order valence-corrected chi connectivity index (χ4v) is 1.58. The van der Waals surface area contributed by atoms with Crippen LogP contribution in [0, 0.1) is 0 Å². The fourth-order valence-electron chi connectivity index (χ4n) is 1.58. The number of ether oxygens (including phenoxy) is 1. The first kappa shape index (κ1) is 14.5. The van der Waals surface area contributed by atoms with Crippen LogP contribution in [0.15, 0.2) is 0 Å².